The number of aliphatic hydroxyl groups is 2. The summed E-state index contributed by atoms with van der Waals surface area (Å²) in [4.78, 5) is 9.20. The molecule has 0 radical (unpaired) electrons. The van der Waals surface area contributed by atoms with Gasteiger partial charge in [0.1, 0.15) is 0 Å². The Balaban J connectivity index is 3.15. The molecule has 0 aliphatic heterocycles. The quantitative estimate of drug-likeness (QED) is 0.385. The van der Waals surface area contributed by atoms with Crippen LogP contribution >= 0.6 is 0 Å². The minimum Gasteiger partial charge on any atom is -0.502 e. The van der Waals surface area contributed by atoms with Crippen LogP contribution in [0.3, 0.4) is 0 Å². The molecule has 0 bridgehead atoms. The van der Waals surface area contributed by atoms with Crippen LogP contribution in [0.15, 0.2) is 23.1 Å². The van der Waals surface area contributed by atoms with Crippen LogP contribution in [0.25, 0.3) is 0 Å². The number of nitro benzene ring substituents is 1. The minimum absolute atomic E-state index is 0.455. The summed E-state index contributed by atoms with van der Waals surface area (Å²) >= 11 is 0. The summed E-state index contributed by atoms with van der Waals surface area (Å²) < 4.78 is 25.6. The van der Waals surface area contributed by atoms with E-state index < -0.39 is 50.5 Å². The molecule has 0 aliphatic rings. The second-order valence-electron chi connectivity index (χ2n) is 3.59. The number of nitrogens with zero attached hydrogens (tertiary/aromatic N) is 1. The Morgan fingerprint density at radius 2 is 1.89 bits per heavy atom. The Hall–Kier alpha value is -1.75. The first kappa shape index (κ1) is 15.3. The normalized spacial score (nSPS) is 11.7. The number of hydrogen-bond acceptors (Lipinski definition) is 7. The van der Waals surface area contributed by atoms with E-state index in [1.54, 1.807) is 0 Å². The van der Waals surface area contributed by atoms with Crippen molar-refractivity contribution < 1.29 is 28.7 Å². The lowest BCUT2D eigenvalue weighted by molar-refractivity contribution is -0.386. The molecule has 0 amide bonds. The van der Waals surface area contributed by atoms with E-state index in [9.17, 15) is 23.6 Å². The molecule has 0 saturated heterocycles. The lowest BCUT2D eigenvalue weighted by Crippen LogP contribution is -2.39. The van der Waals surface area contributed by atoms with Gasteiger partial charge in [0.15, 0.2) is 5.75 Å². The topological polar surface area (TPSA) is 150 Å². The summed E-state index contributed by atoms with van der Waals surface area (Å²) in [5, 5.41) is 37.4. The first-order chi connectivity index (χ1) is 8.81. The second-order valence-corrected chi connectivity index (χ2v) is 5.30. The van der Waals surface area contributed by atoms with E-state index in [1.807, 2.05) is 4.72 Å². The lowest BCUT2D eigenvalue weighted by Gasteiger charge is -2.13. The van der Waals surface area contributed by atoms with Gasteiger partial charge in [-0.1, -0.05) is 0 Å². The standard InChI is InChI=1S/C9H12N2O7S/c12-4-6(5-13)10-19(17,18)7-1-2-9(14)8(3-7)11(15)16/h1-3,6,10,12-14H,4-5H2. The predicted octanol–water partition coefficient (Wildman–Crippen LogP) is -1.07. The molecule has 106 valence electrons. The predicted molar refractivity (Wildman–Crippen MR) is 63.0 cm³/mol. The highest BCUT2D eigenvalue weighted by atomic mass is 32.2. The van der Waals surface area contributed by atoms with E-state index >= 15 is 0 Å². The van der Waals surface area contributed by atoms with E-state index in [4.69, 9.17) is 10.2 Å². The van der Waals surface area contributed by atoms with E-state index in [1.165, 1.54) is 0 Å². The SMILES string of the molecule is O=[N+]([O-])c1cc(S(=O)(=O)NC(CO)CO)ccc1O. The van der Waals surface area contributed by atoms with Gasteiger partial charge in [0, 0.05) is 6.07 Å². The molecule has 0 aliphatic carbocycles. The van der Waals surface area contributed by atoms with Gasteiger partial charge in [-0.3, -0.25) is 10.1 Å². The van der Waals surface area contributed by atoms with Gasteiger partial charge in [-0.15, -0.1) is 0 Å². The van der Waals surface area contributed by atoms with Crippen LogP contribution in [0.4, 0.5) is 5.69 Å². The van der Waals surface area contributed by atoms with Crippen molar-refractivity contribution in [3.8, 4) is 5.75 Å². The number of aliphatic hydroxyl groups excluding tert-OH is 2. The van der Waals surface area contributed by atoms with E-state index in [-0.39, 0.29) is 0 Å². The Morgan fingerprint density at radius 3 is 2.37 bits per heavy atom. The van der Waals surface area contributed by atoms with Gasteiger partial charge in [-0.05, 0) is 12.1 Å². The molecular weight excluding hydrogens is 280 g/mol. The zero-order valence-corrected chi connectivity index (χ0v) is 10.4. The first-order valence-corrected chi connectivity index (χ1v) is 6.51. The number of phenolic OH excluding ortho intramolecular Hbond substituents is 1. The van der Waals surface area contributed by atoms with Crippen molar-refractivity contribution in [1.29, 1.82) is 0 Å². The van der Waals surface area contributed by atoms with Gasteiger partial charge in [-0.25, -0.2) is 13.1 Å². The third-order valence-electron chi connectivity index (χ3n) is 2.22. The Kier molecular flexibility index (Phi) is 4.78. The molecule has 1 aromatic rings. The van der Waals surface area contributed by atoms with Crippen molar-refractivity contribution in [3.05, 3.63) is 28.3 Å². The van der Waals surface area contributed by atoms with Gasteiger partial charge in [-0.2, -0.15) is 0 Å². The number of sulfonamides is 1. The number of phenols is 1. The fourth-order valence-electron chi connectivity index (χ4n) is 1.24. The largest absolute Gasteiger partial charge is 0.502 e. The molecule has 1 aromatic carbocycles. The Bertz CT molecular complexity index is 568. The zero-order chi connectivity index (χ0) is 14.6. The summed E-state index contributed by atoms with van der Waals surface area (Å²) in [6, 6.07) is 1.41. The minimum atomic E-state index is -4.14. The van der Waals surface area contributed by atoms with Crippen LogP contribution < -0.4 is 4.72 Å². The highest BCUT2D eigenvalue weighted by Crippen LogP contribution is 2.28. The number of rotatable bonds is 6. The number of nitrogens with one attached hydrogen (secondary N) is 1. The summed E-state index contributed by atoms with van der Waals surface area (Å²) in [6.07, 6.45) is 0. The maximum absolute atomic E-state index is 11.8. The van der Waals surface area contributed by atoms with Gasteiger partial charge < -0.3 is 15.3 Å². The van der Waals surface area contributed by atoms with Crippen molar-refractivity contribution >= 4 is 15.7 Å². The van der Waals surface area contributed by atoms with Crippen molar-refractivity contribution in [2.45, 2.75) is 10.9 Å². The molecular formula is C9H12N2O7S. The van der Waals surface area contributed by atoms with Gasteiger partial charge in [0.25, 0.3) is 0 Å². The van der Waals surface area contributed by atoms with Crippen LogP contribution in [0.5, 0.6) is 5.75 Å². The molecule has 4 N–H and O–H groups in total. The maximum atomic E-state index is 11.8. The summed E-state index contributed by atoms with van der Waals surface area (Å²) in [5.74, 6) is -0.662. The summed E-state index contributed by atoms with van der Waals surface area (Å²) in [6.45, 7) is -1.26. The summed E-state index contributed by atoms with van der Waals surface area (Å²) in [5.41, 5.74) is -0.757. The lowest BCUT2D eigenvalue weighted by atomic mass is 10.3. The van der Waals surface area contributed by atoms with Crippen LogP contribution in [0.2, 0.25) is 0 Å². The highest BCUT2D eigenvalue weighted by molar-refractivity contribution is 7.89. The Labute approximate surface area is 108 Å². The third kappa shape index (κ3) is 3.61. The molecule has 0 atom stereocenters. The van der Waals surface area contributed by atoms with Gasteiger partial charge >= 0.3 is 5.69 Å². The average Bonchev–Trinajstić information content (AvgIpc) is 2.35. The van der Waals surface area contributed by atoms with Crippen molar-refractivity contribution in [2.75, 3.05) is 13.2 Å². The van der Waals surface area contributed by atoms with Crippen LogP contribution in [-0.4, -0.2) is 47.9 Å². The zero-order valence-electron chi connectivity index (χ0n) is 9.55. The molecule has 0 unspecified atom stereocenters. The van der Waals surface area contributed by atoms with Gasteiger partial charge in [0.05, 0.1) is 29.1 Å². The third-order valence-corrected chi connectivity index (χ3v) is 3.73. The van der Waals surface area contributed by atoms with E-state index in [2.05, 4.69) is 0 Å². The second kappa shape index (κ2) is 5.93. The molecule has 9 nitrogen and oxygen atoms in total. The molecule has 0 spiro atoms. The van der Waals surface area contributed by atoms with E-state index in [0.717, 1.165) is 12.1 Å². The molecule has 0 heterocycles. The molecule has 19 heavy (non-hydrogen) atoms. The monoisotopic (exact) mass is 292 g/mol. The number of hydrogen-bond donors (Lipinski definition) is 4. The fourth-order valence-corrected chi connectivity index (χ4v) is 2.47. The van der Waals surface area contributed by atoms with Crippen LogP contribution in [0, 0.1) is 10.1 Å². The molecule has 0 fully saturated rings. The molecule has 0 aromatic heterocycles. The molecule has 0 saturated carbocycles. The van der Waals surface area contributed by atoms with Crippen molar-refractivity contribution in [3.63, 3.8) is 0 Å². The highest BCUT2D eigenvalue weighted by Gasteiger charge is 2.23. The maximum Gasteiger partial charge on any atom is 0.312 e. The van der Waals surface area contributed by atoms with Crippen LogP contribution in [0.1, 0.15) is 0 Å². The van der Waals surface area contributed by atoms with Crippen molar-refractivity contribution in [1.82, 2.24) is 4.72 Å². The van der Waals surface area contributed by atoms with Gasteiger partial charge in [0.2, 0.25) is 10.0 Å². The Morgan fingerprint density at radius 1 is 1.32 bits per heavy atom. The summed E-state index contributed by atoms with van der Waals surface area (Å²) in [7, 11) is -4.14. The van der Waals surface area contributed by atoms with Crippen LogP contribution in [-0.2, 0) is 10.0 Å². The molecule has 1 rings (SSSR count). The number of nitro groups is 1. The fraction of sp³-hybridized carbons (Fsp3) is 0.333. The smallest absolute Gasteiger partial charge is 0.312 e. The van der Waals surface area contributed by atoms with Crippen molar-refractivity contribution in [2.24, 2.45) is 0 Å². The number of aromatic hydroxyl groups is 1. The molecule has 10 heteroatoms. The number of benzene rings is 1. The average molecular weight is 292 g/mol. The van der Waals surface area contributed by atoms with E-state index in [0.29, 0.717) is 6.07 Å². The first-order valence-electron chi connectivity index (χ1n) is 5.03.